The van der Waals surface area contributed by atoms with Gasteiger partial charge in [0, 0.05) is 18.2 Å². The van der Waals surface area contributed by atoms with E-state index in [4.69, 9.17) is 5.41 Å². The predicted octanol–water partition coefficient (Wildman–Crippen LogP) is 1.54. The van der Waals surface area contributed by atoms with Crippen molar-refractivity contribution < 1.29 is 12.8 Å². The summed E-state index contributed by atoms with van der Waals surface area (Å²) in [6.07, 6.45) is 1.11. The first kappa shape index (κ1) is 12.6. The Morgan fingerprint density at radius 1 is 1.26 bits per heavy atom. The van der Waals surface area contributed by atoms with Crippen LogP contribution >= 0.6 is 0 Å². The van der Waals surface area contributed by atoms with E-state index in [0.29, 0.717) is 30.8 Å². The van der Waals surface area contributed by atoms with Crippen molar-refractivity contribution in [2.75, 3.05) is 11.5 Å². The van der Waals surface area contributed by atoms with E-state index in [1.54, 1.807) is 6.07 Å². The standard InChI is InChI=1S/C13H15FN2O2S/c14-10-2-1-9-8-16(13(15)12(9)7-10)11-3-5-19(17,18)6-4-11/h1-2,7,11,15H,3-6,8H2. The molecule has 2 aliphatic heterocycles. The number of sulfone groups is 1. The second-order valence-electron chi connectivity index (χ2n) is 5.16. The third kappa shape index (κ3) is 2.25. The summed E-state index contributed by atoms with van der Waals surface area (Å²) in [6, 6.07) is 4.57. The van der Waals surface area contributed by atoms with E-state index in [1.807, 2.05) is 4.90 Å². The number of rotatable bonds is 1. The molecule has 1 aromatic carbocycles. The highest BCUT2D eigenvalue weighted by molar-refractivity contribution is 7.91. The molecule has 2 aliphatic rings. The van der Waals surface area contributed by atoms with Gasteiger partial charge in [0.25, 0.3) is 0 Å². The maximum atomic E-state index is 13.2. The Bertz CT molecular complexity index is 628. The van der Waals surface area contributed by atoms with Gasteiger partial charge in [0.05, 0.1) is 11.5 Å². The quantitative estimate of drug-likeness (QED) is 0.850. The van der Waals surface area contributed by atoms with Gasteiger partial charge in [-0.25, -0.2) is 12.8 Å². The lowest BCUT2D eigenvalue weighted by atomic mass is 10.1. The number of halogens is 1. The molecule has 1 N–H and O–H groups in total. The summed E-state index contributed by atoms with van der Waals surface area (Å²) in [5, 5.41) is 8.13. The lowest BCUT2D eigenvalue weighted by molar-refractivity contribution is 0.292. The molecule has 3 rings (SSSR count). The van der Waals surface area contributed by atoms with Gasteiger partial charge in [-0.2, -0.15) is 0 Å². The molecule has 0 aromatic heterocycles. The molecule has 0 amide bonds. The van der Waals surface area contributed by atoms with E-state index in [2.05, 4.69) is 0 Å². The molecule has 0 unspecified atom stereocenters. The maximum Gasteiger partial charge on any atom is 0.150 e. The van der Waals surface area contributed by atoms with Crippen molar-refractivity contribution in [2.45, 2.75) is 25.4 Å². The van der Waals surface area contributed by atoms with Crippen molar-refractivity contribution in [3.05, 3.63) is 35.1 Å². The molecular formula is C13H15FN2O2S. The highest BCUT2D eigenvalue weighted by Gasteiger charge is 2.34. The fourth-order valence-electron chi connectivity index (χ4n) is 2.83. The van der Waals surface area contributed by atoms with Crippen LogP contribution in [0.15, 0.2) is 18.2 Å². The molecule has 0 aliphatic carbocycles. The fourth-order valence-corrected chi connectivity index (χ4v) is 4.29. The number of hydrogen-bond acceptors (Lipinski definition) is 3. The van der Waals surface area contributed by atoms with Gasteiger partial charge in [0.1, 0.15) is 21.5 Å². The van der Waals surface area contributed by atoms with Gasteiger partial charge < -0.3 is 4.90 Å². The Balaban J connectivity index is 1.81. The van der Waals surface area contributed by atoms with Gasteiger partial charge in [-0.3, -0.25) is 5.41 Å². The Labute approximate surface area is 111 Å². The first-order valence-electron chi connectivity index (χ1n) is 6.31. The second-order valence-corrected chi connectivity index (χ2v) is 7.46. The minimum Gasteiger partial charge on any atom is -0.349 e. The minimum atomic E-state index is -2.89. The zero-order valence-electron chi connectivity index (χ0n) is 10.4. The van der Waals surface area contributed by atoms with E-state index in [-0.39, 0.29) is 23.4 Å². The SMILES string of the molecule is N=C1c2cc(F)ccc2CN1C1CCS(=O)(=O)CC1. The highest BCUT2D eigenvalue weighted by atomic mass is 32.2. The largest absolute Gasteiger partial charge is 0.349 e. The van der Waals surface area contributed by atoms with E-state index in [9.17, 15) is 12.8 Å². The van der Waals surface area contributed by atoms with E-state index < -0.39 is 9.84 Å². The molecule has 2 heterocycles. The Hall–Kier alpha value is -1.43. The van der Waals surface area contributed by atoms with Crippen molar-refractivity contribution in [1.82, 2.24) is 4.90 Å². The van der Waals surface area contributed by atoms with Gasteiger partial charge in [-0.05, 0) is 30.5 Å². The first-order chi connectivity index (χ1) is 8.96. The molecule has 19 heavy (non-hydrogen) atoms. The number of amidine groups is 1. The molecule has 1 aromatic rings. The van der Waals surface area contributed by atoms with E-state index in [0.717, 1.165) is 5.56 Å². The summed E-state index contributed by atoms with van der Waals surface area (Å²) in [5.74, 6) is 0.355. The molecule has 0 bridgehead atoms. The monoisotopic (exact) mass is 282 g/mol. The van der Waals surface area contributed by atoms with Gasteiger partial charge in [-0.15, -0.1) is 0 Å². The molecule has 0 saturated carbocycles. The summed E-state index contributed by atoms with van der Waals surface area (Å²) in [7, 11) is -2.89. The normalized spacial score (nSPS) is 22.6. The van der Waals surface area contributed by atoms with Gasteiger partial charge in [-0.1, -0.05) is 6.07 Å². The molecule has 102 valence electrons. The van der Waals surface area contributed by atoms with Crippen LogP contribution < -0.4 is 0 Å². The number of hydrogen-bond donors (Lipinski definition) is 1. The van der Waals surface area contributed by atoms with Gasteiger partial charge in [0.15, 0.2) is 0 Å². The van der Waals surface area contributed by atoms with Crippen LogP contribution in [0.1, 0.15) is 24.0 Å². The summed E-state index contributed by atoms with van der Waals surface area (Å²) in [6.45, 7) is 0.583. The van der Waals surface area contributed by atoms with Crippen molar-refractivity contribution in [1.29, 1.82) is 5.41 Å². The van der Waals surface area contributed by atoms with Crippen molar-refractivity contribution >= 4 is 15.7 Å². The van der Waals surface area contributed by atoms with Crippen LogP contribution in [0.4, 0.5) is 4.39 Å². The van der Waals surface area contributed by atoms with Crippen LogP contribution in [0.3, 0.4) is 0 Å². The van der Waals surface area contributed by atoms with Crippen molar-refractivity contribution in [3.8, 4) is 0 Å². The number of fused-ring (bicyclic) bond motifs is 1. The Morgan fingerprint density at radius 2 is 1.95 bits per heavy atom. The van der Waals surface area contributed by atoms with Crippen LogP contribution in [0.5, 0.6) is 0 Å². The molecule has 1 fully saturated rings. The van der Waals surface area contributed by atoms with E-state index >= 15 is 0 Å². The predicted molar refractivity (Wildman–Crippen MR) is 70.4 cm³/mol. The Morgan fingerprint density at radius 3 is 2.63 bits per heavy atom. The third-order valence-corrected chi connectivity index (χ3v) is 5.64. The van der Waals surface area contributed by atoms with E-state index in [1.165, 1.54) is 12.1 Å². The highest BCUT2D eigenvalue weighted by Crippen LogP contribution is 2.29. The van der Waals surface area contributed by atoms with Crippen LogP contribution in [0.2, 0.25) is 0 Å². The number of nitrogens with one attached hydrogen (secondary N) is 1. The van der Waals surface area contributed by atoms with Crippen LogP contribution in [-0.4, -0.2) is 36.7 Å². The molecule has 6 heteroatoms. The molecule has 0 spiro atoms. The van der Waals surface area contributed by atoms with Crippen LogP contribution in [0.25, 0.3) is 0 Å². The minimum absolute atomic E-state index is 0.0755. The zero-order valence-corrected chi connectivity index (χ0v) is 11.2. The number of benzene rings is 1. The topological polar surface area (TPSA) is 61.2 Å². The average Bonchev–Trinajstić information content (AvgIpc) is 2.67. The lowest BCUT2D eigenvalue weighted by Gasteiger charge is -2.32. The number of nitrogens with zero attached hydrogens (tertiary/aromatic N) is 1. The zero-order chi connectivity index (χ0) is 13.6. The summed E-state index contributed by atoms with van der Waals surface area (Å²) < 4.78 is 36.1. The van der Waals surface area contributed by atoms with Gasteiger partial charge in [0.2, 0.25) is 0 Å². The molecule has 4 nitrogen and oxygen atoms in total. The molecule has 1 saturated heterocycles. The summed E-state index contributed by atoms with van der Waals surface area (Å²) >= 11 is 0. The van der Waals surface area contributed by atoms with Crippen molar-refractivity contribution in [3.63, 3.8) is 0 Å². The second kappa shape index (κ2) is 4.30. The maximum absolute atomic E-state index is 13.2. The average molecular weight is 282 g/mol. The fraction of sp³-hybridized carbons (Fsp3) is 0.462. The van der Waals surface area contributed by atoms with Crippen molar-refractivity contribution in [2.24, 2.45) is 0 Å². The summed E-state index contributed by atoms with van der Waals surface area (Å²) in [5.41, 5.74) is 1.58. The summed E-state index contributed by atoms with van der Waals surface area (Å²) in [4.78, 5) is 1.90. The molecular weight excluding hydrogens is 267 g/mol. The smallest absolute Gasteiger partial charge is 0.150 e. The third-order valence-electron chi connectivity index (χ3n) is 3.92. The van der Waals surface area contributed by atoms with Crippen LogP contribution in [0, 0.1) is 11.2 Å². The lowest BCUT2D eigenvalue weighted by Crippen LogP contribution is -2.41. The molecule has 0 radical (unpaired) electrons. The first-order valence-corrected chi connectivity index (χ1v) is 8.13. The molecule has 0 atom stereocenters. The Kier molecular flexibility index (Phi) is 2.85. The van der Waals surface area contributed by atoms with Gasteiger partial charge >= 0.3 is 0 Å². The van der Waals surface area contributed by atoms with Crippen LogP contribution in [-0.2, 0) is 16.4 Å².